The highest BCUT2D eigenvalue weighted by Crippen LogP contribution is 2.12. The van der Waals surface area contributed by atoms with Crippen LogP contribution in [0.2, 0.25) is 0 Å². The molecule has 4 nitrogen and oxygen atoms in total. The summed E-state index contributed by atoms with van der Waals surface area (Å²) in [6.45, 7) is 4.28. The third kappa shape index (κ3) is 2.96. The monoisotopic (exact) mass is 210 g/mol. The van der Waals surface area contributed by atoms with Gasteiger partial charge in [-0.2, -0.15) is 0 Å². The summed E-state index contributed by atoms with van der Waals surface area (Å²) in [6.07, 6.45) is 5.17. The van der Waals surface area contributed by atoms with Gasteiger partial charge in [0.05, 0.1) is 6.61 Å². The van der Waals surface area contributed by atoms with Crippen LogP contribution in [0.4, 0.5) is 4.79 Å². The Morgan fingerprint density at radius 1 is 1.53 bits per heavy atom. The Morgan fingerprint density at radius 3 is 3.20 bits per heavy atom. The zero-order valence-electron chi connectivity index (χ0n) is 9.00. The number of amides is 1. The molecule has 0 unspecified atom stereocenters. The average Bonchev–Trinajstić information content (AvgIpc) is 2.29. The van der Waals surface area contributed by atoms with E-state index in [0.29, 0.717) is 6.61 Å². The summed E-state index contributed by atoms with van der Waals surface area (Å²) in [7, 11) is 0. The molecule has 4 heteroatoms. The molecule has 0 radical (unpaired) electrons. The van der Waals surface area contributed by atoms with E-state index in [9.17, 15) is 4.79 Å². The highest BCUT2D eigenvalue weighted by Gasteiger charge is 2.19. The van der Waals surface area contributed by atoms with Gasteiger partial charge in [-0.05, 0) is 25.8 Å². The van der Waals surface area contributed by atoms with E-state index in [-0.39, 0.29) is 6.09 Å². The summed E-state index contributed by atoms with van der Waals surface area (Å²) in [4.78, 5) is 13.2. The summed E-state index contributed by atoms with van der Waals surface area (Å²) < 4.78 is 4.99. The van der Waals surface area contributed by atoms with Gasteiger partial charge in [0.15, 0.2) is 0 Å². The van der Waals surface area contributed by atoms with Gasteiger partial charge in [0.1, 0.15) is 0 Å². The van der Waals surface area contributed by atoms with Gasteiger partial charge < -0.3 is 15.0 Å². The summed E-state index contributed by atoms with van der Waals surface area (Å²) in [5.41, 5.74) is 1.46. The number of carbonyl (C=O) groups is 1. The Hall–Kier alpha value is -1.03. The molecule has 1 N–H and O–H groups in total. The van der Waals surface area contributed by atoms with Crippen LogP contribution in [-0.4, -0.2) is 43.8 Å². The first kappa shape index (κ1) is 10.5. The van der Waals surface area contributed by atoms with Crippen LogP contribution in [0.25, 0.3) is 0 Å². The molecule has 84 valence electrons. The van der Waals surface area contributed by atoms with E-state index >= 15 is 0 Å². The van der Waals surface area contributed by atoms with Gasteiger partial charge in [0.2, 0.25) is 0 Å². The first-order valence-electron chi connectivity index (χ1n) is 5.66. The number of cyclic esters (lactones) is 1. The predicted octanol–water partition coefficient (Wildman–Crippen LogP) is 1.14. The Labute approximate surface area is 90.3 Å². The normalized spacial score (nSPS) is 22.3. The maximum Gasteiger partial charge on any atom is 0.409 e. The predicted molar refractivity (Wildman–Crippen MR) is 57.7 cm³/mol. The number of hydrogen-bond acceptors (Lipinski definition) is 3. The van der Waals surface area contributed by atoms with E-state index in [1.54, 1.807) is 0 Å². The molecule has 0 saturated carbocycles. The summed E-state index contributed by atoms with van der Waals surface area (Å²) in [5.74, 6) is 0. The van der Waals surface area contributed by atoms with Crippen LogP contribution in [-0.2, 0) is 4.74 Å². The van der Waals surface area contributed by atoms with Gasteiger partial charge in [0.25, 0.3) is 0 Å². The molecule has 2 aliphatic rings. The van der Waals surface area contributed by atoms with Crippen LogP contribution in [0, 0.1) is 0 Å². The minimum Gasteiger partial charge on any atom is -0.449 e. The van der Waals surface area contributed by atoms with Crippen molar-refractivity contribution in [3.05, 3.63) is 11.6 Å². The lowest BCUT2D eigenvalue weighted by Crippen LogP contribution is -2.38. The first-order chi connectivity index (χ1) is 7.36. The van der Waals surface area contributed by atoms with Crippen LogP contribution >= 0.6 is 0 Å². The van der Waals surface area contributed by atoms with E-state index in [1.807, 2.05) is 4.90 Å². The van der Waals surface area contributed by atoms with E-state index in [0.717, 1.165) is 45.4 Å². The Morgan fingerprint density at radius 2 is 2.47 bits per heavy atom. The van der Waals surface area contributed by atoms with Crippen molar-refractivity contribution in [3.63, 3.8) is 0 Å². The van der Waals surface area contributed by atoms with Crippen LogP contribution in [0.15, 0.2) is 11.6 Å². The number of nitrogens with zero attached hydrogens (tertiary/aromatic N) is 1. The van der Waals surface area contributed by atoms with Crippen molar-refractivity contribution < 1.29 is 9.53 Å². The van der Waals surface area contributed by atoms with E-state index in [1.165, 1.54) is 5.57 Å². The molecule has 0 atom stereocenters. The Bertz CT molecular complexity index is 263. The highest BCUT2D eigenvalue weighted by molar-refractivity contribution is 5.68. The largest absolute Gasteiger partial charge is 0.449 e. The Kier molecular flexibility index (Phi) is 3.61. The fraction of sp³-hybridized carbons (Fsp3) is 0.727. The zero-order valence-corrected chi connectivity index (χ0v) is 9.00. The molecule has 2 aliphatic heterocycles. The van der Waals surface area contributed by atoms with Crippen molar-refractivity contribution in [2.45, 2.75) is 19.3 Å². The third-order valence-electron chi connectivity index (χ3n) is 2.92. The molecule has 2 heterocycles. The lowest BCUT2D eigenvalue weighted by Gasteiger charge is -2.27. The highest BCUT2D eigenvalue weighted by atomic mass is 16.6. The number of ether oxygens (including phenoxy) is 1. The van der Waals surface area contributed by atoms with Gasteiger partial charge >= 0.3 is 6.09 Å². The fourth-order valence-corrected chi connectivity index (χ4v) is 1.98. The van der Waals surface area contributed by atoms with Crippen molar-refractivity contribution in [1.82, 2.24) is 10.2 Å². The summed E-state index contributed by atoms with van der Waals surface area (Å²) in [6, 6.07) is 0. The van der Waals surface area contributed by atoms with E-state index in [4.69, 9.17) is 4.74 Å². The van der Waals surface area contributed by atoms with Crippen LogP contribution in [0.1, 0.15) is 19.3 Å². The second-order valence-electron chi connectivity index (χ2n) is 4.02. The second-order valence-corrected chi connectivity index (χ2v) is 4.02. The molecule has 1 amide bonds. The molecule has 1 fully saturated rings. The standard InChI is InChI=1S/C11H18N2O2/c14-11-13(7-1-9-15-11)8-4-10-2-5-12-6-3-10/h2,12H,1,3-9H2. The number of nitrogens with one attached hydrogen (secondary N) is 1. The maximum atomic E-state index is 11.3. The second kappa shape index (κ2) is 5.16. The molecule has 0 aromatic heterocycles. The summed E-state index contributed by atoms with van der Waals surface area (Å²) >= 11 is 0. The molecule has 1 saturated heterocycles. The minimum atomic E-state index is -0.143. The minimum absolute atomic E-state index is 0.143. The van der Waals surface area contributed by atoms with Gasteiger partial charge in [0, 0.05) is 19.6 Å². The van der Waals surface area contributed by atoms with Crippen molar-refractivity contribution in [3.8, 4) is 0 Å². The zero-order chi connectivity index (χ0) is 10.5. The Balaban J connectivity index is 1.76. The lowest BCUT2D eigenvalue weighted by atomic mass is 10.1. The van der Waals surface area contributed by atoms with Crippen LogP contribution < -0.4 is 5.32 Å². The molecule has 15 heavy (non-hydrogen) atoms. The summed E-state index contributed by atoms with van der Waals surface area (Å²) in [5, 5.41) is 3.28. The number of hydrogen-bond donors (Lipinski definition) is 1. The molecule has 0 aromatic carbocycles. The molecule has 0 aromatic rings. The van der Waals surface area contributed by atoms with Crippen LogP contribution in [0.5, 0.6) is 0 Å². The van der Waals surface area contributed by atoms with Gasteiger partial charge in [-0.25, -0.2) is 4.79 Å². The lowest BCUT2D eigenvalue weighted by molar-refractivity contribution is 0.0734. The van der Waals surface area contributed by atoms with Crippen molar-refractivity contribution in [2.75, 3.05) is 32.8 Å². The quantitative estimate of drug-likeness (QED) is 0.710. The molecule has 2 rings (SSSR count). The third-order valence-corrected chi connectivity index (χ3v) is 2.92. The SMILES string of the molecule is O=C1OCCCN1CCC1=CCNCC1. The molecule has 0 bridgehead atoms. The van der Waals surface area contributed by atoms with Crippen LogP contribution in [0.3, 0.4) is 0 Å². The van der Waals surface area contributed by atoms with Gasteiger partial charge in [-0.1, -0.05) is 11.6 Å². The fourth-order valence-electron chi connectivity index (χ4n) is 1.98. The molecular weight excluding hydrogens is 192 g/mol. The van der Waals surface area contributed by atoms with Crippen molar-refractivity contribution >= 4 is 6.09 Å². The molecule has 0 aliphatic carbocycles. The van der Waals surface area contributed by atoms with E-state index in [2.05, 4.69) is 11.4 Å². The first-order valence-corrected chi connectivity index (χ1v) is 5.66. The smallest absolute Gasteiger partial charge is 0.409 e. The molecule has 0 spiro atoms. The topological polar surface area (TPSA) is 41.6 Å². The van der Waals surface area contributed by atoms with Gasteiger partial charge in [-0.3, -0.25) is 0 Å². The molecular formula is C11H18N2O2. The maximum absolute atomic E-state index is 11.3. The number of carbonyl (C=O) groups excluding carboxylic acids is 1. The van der Waals surface area contributed by atoms with E-state index < -0.39 is 0 Å². The number of rotatable bonds is 3. The average molecular weight is 210 g/mol. The van der Waals surface area contributed by atoms with Crippen molar-refractivity contribution in [2.24, 2.45) is 0 Å². The van der Waals surface area contributed by atoms with Crippen molar-refractivity contribution in [1.29, 1.82) is 0 Å². The van der Waals surface area contributed by atoms with Gasteiger partial charge in [-0.15, -0.1) is 0 Å².